The second-order valence-corrected chi connectivity index (χ2v) is 3.14. The summed E-state index contributed by atoms with van der Waals surface area (Å²) in [6, 6.07) is 2.03. The summed E-state index contributed by atoms with van der Waals surface area (Å²) in [7, 11) is 0. The van der Waals surface area contributed by atoms with Crippen LogP contribution in [-0.2, 0) is 12.3 Å². The highest BCUT2D eigenvalue weighted by Gasteiger charge is 2.10. The minimum atomic E-state index is 0.479. The zero-order chi connectivity index (χ0) is 8.39. The predicted molar refractivity (Wildman–Crippen MR) is 47.6 cm³/mol. The summed E-state index contributed by atoms with van der Waals surface area (Å²) in [5, 5.41) is 0. The Morgan fingerprint density at radius 3 is 3.33 bits per heavy atom. The van der Waals surface area contributed by atoms with Gasteiger partial charge in [0.1, 0.15) is 5.75 Å². The molecule has 0 spiro atoms. The quantitative estimate of drug-likeness (QED) is 0.623. The molecule has 2 nitrogen and oxygen atoms in total. The number of hydrogen-bond acceptors (Lipinski definition) is 2. The van der Waals surface area contributed by atoms with Gasteiger partial charge in [0.25, 0.3) is 0 Å². The molecule has 0 atom stereocenters. The van der Waals surface area contributed by atoms with Gasteiger partial charge < -0.3 is 4.74 Å². The lowest BCUT2D eigenvalue weighted by Crippen LogP contribution is -2.09. The number of alkyl halides is 1. The van der Waals surface area contributed by atoms with Gasteiger partial charge in [0, 0.05) is 0 Å². The van der Waals surface area contributed by atoms with Crippen LogP contribution in [0.2, 0.25) is 0 Å². The molecular weight excluding hydrogens is 174 g/mol. The number of halogens is 1. The third-order valence-electron chi connectivity index (χ3n) is 1.99. The summed E-state index contributed by atoms with van der Waals surface area (Å²) in [4.78, 5) is 4.15. The molecule has 12 heavy (non-hydrogen) atoms. The predicted octanol–water partition coefficient (Wildman–Crippen LogP) is 2.15. The van der Waals surface area contributed by atoms with Gasteiger partial charge in [-0.1, -0.05) is 0 Å². The van der Waals surface area contributed by atoms with Crippen molar-refractivity contribution >= 4 is 11.6 Å². The van der Waals surface area contributed by atoms with Crippen molar-refractivity contribution in [2.24, 2.45) is 0 Å². The molecule has 64 valence electrons. The zero-order valence-electron chi connectivity index (χ0n) is 6.72. The van der Waals surface area contributed by atoms with Crippen molar-refractivity contribution in [2.45, 2.75) is 18.7 Å². The molecule has 0 N–H and O–H groups in total. The number of hydrogen-bond donors (Lipinski definition) is 0. The van der Waals surface area contributed by atoms with E-state index in [1.807, 2.05) is 6.07 Å². The van der Waals surface area contributed by atoms with Crippen molar-refractivity contribution in [3.63, 3.8) is 0 Å². The first-order valence-corrected chi connectivity index (χ1v) is 4.60. The lowest BCUT2D eigenvalue weighted by molar-refractivity contribution is 0.287. The fraction of sp³-hybridized carbons (Fsp3) is 0.444. The van der Waals surface area contributed by atoms with Gasteiger partial charge in [0.05, 0.1) is 24.4 Å². The largest absolute Gasteiger partial charge is 0.492 e. The first-order valence-electron chi connectivity index (χ1n) is 4.06. The first kappa shape index (κ1) is 7.87. The van der Waals surface area contributed by atoms with Crippen LogP contribution >= 0.6 is 11.6 Å². The standard InChI is InChI=1S/C9H10ClNO/c10-5-8-4-7-2-1-3-12-9(7)6-11-8/h4,6H,1-3,5H2. The smallest absolute Gasteiger partial charge is 0.140 e. The van der Waals surface area contributed by atoms with Crippen LogP contribution in [-0.4, -0.2) is 11.6 Å². The van der Waals surface area contributed by atoms with Gasteiger partial charge >= 0.3 is 0 Å². The molecule has 1 aliphatic rings. The molecule has 0 bridgehead atoms. The summed E-state index contributed by atoms with van der Waals surface area (Å²) >= 11 is 5.67. The SMILES string of the molecule is ClCc1cc2c(cn1)OCCC2. The Morgan fingerprint density at radius 2 is 2.50 bits per heavy atom. The van der Waals surface area contributed by atoms with E-state index in [-0.39, 0.29) is 0 Å². The third kappa shape index (κ3) is 1.39. The van der Waals surface area contributed by atoms with Crippen LogP contribution in [0.15, 0.2) is 12.3 Å². The zero-order valence-corrected chi connectivity index (χ0v) is 7.47. The fourth-order valence-corrected chi connectivity index (χ4v) is 1.52. The number of fused-ring (bicyclic) bond motifs is 1. The van der Waals surface area contributed by atoms with Crippen LogP contribution in [0.4, 0.5) is 0 Å². The molecule has 1 aromatic heterocycles. The first-order chi connectivity index (χ1) is 5.90. The molecule has 0 amide bonds. The maximum Gasteiger partial charge on any atom is 0.140 e. The Balaban J connectivity index is 2.36. The second kappa shape index (κ2) is 3.31. The fourth-order valence-electron chi connectivity index (χ4n) is 1.38. The van der Waals surface area contributed by atoms with Gasteiger partial charge in [0.2, 0.25) is 0 Å². The van der Waals surface area contributed by atoms with Crippen molar-refractivity contribution in [1.29, 1.82) is 0 Å². The maximum absolute atomic E-state index is 5.67. The average Bonchev–Trinajstić information content (AvgIpc) is 2.17. The number of nitrogens with zero attached hydrogens (tertiary/aromatic N) is 1. The van der Waals surface area contributed by atoms with E-state index in [0.717, 1.165) is 30.9 Å². The Morgan fingerprint density at radius 1 is 1.58 bits per heavy atom. The molecule has 0 unspecified atom stereocenters. The molecule has 0 aliphatic carbocycles. The molecule has 1 aromatic rings. The maximum atomic E-state index is 5.67. The number of aryl methyl sites for hydroxylation is 1. The molecule has 0 saturated carbocycles. The van der Waals surface area contributed by atoms with Crippen LogP contribution in [0.25, 0.3) is 0 Å². The Hall–Kier alpha value is -0.760. The molecule has 0 saturated heterocycles. The van der Waals surface area contributed by atoms with Crippen LogP contribution in [0.3, 0.4) is 0 Å². The van der Waals surface area contributed by atoms with Crippen molar-refractivity contribution in [3.05, 3.63) is 23.5 Å². The van der Waals surface area contributed by atoms with E-state index in [1.54, 1.807) is 6.20 Å². The third-order valence-corrected chi connectivity index (χ3v) is 2.26. The molecule has 0 aromatic carbocycles. The molecule has 2 heterocycles. The topological polar surface area (TPSA) is 22.1 Å². The summed E-state index contributed by atoms with van der Waals surface area (Å²) in [6.45, 7) is 0.814. The lowest BCUT2D eigenvalue weighted by atomic mass is 10.1. The van der Waals surface area contributed by atoms with Crippen molar-refractivity contribution < 1.29 is 4.74 Å². The lowest BCUT2D eigenvalue weighted by Gasteiger charge is -2.16. The normalized spacial score (nSPS) is 15.1. The summed E-state index contributed by atoms with van der Waals surface area (Å²) in [5.41, 5.74) is 2.17. The Labute approximate surface area is 76.5 Å². The highest BCUT2D eigenvalue weighted by molar-refractivity contribution is 6.16. The molecular formula is C9H10ClNO. The Kier molecular flexibility index (Phi) is 2.17. The van der Waals surface area contributed by atoms with Crippen LogP contribution < -0.4 is 4.74 Å². The molecule has 0 radical (unpaired) electrons. The Bertz CT molecular complexity index is 288. The average molecular weight is 184 g/mol. The van der Waals surface area contributed by atoms with E-state index >= 15 is 0 Å². The summed E-state index contributed by atoms with van der Waals surface area (Å²) in [5.74, 6) is 1.41. The summed E-state index contributed by atoms with van der Waals surface area (Å²) in [6.07, 6.45) is 3.95. The van der Waals surface area contributed by atoms with Gasteiger partial charge in [0.15, 0.2) is 0 Å². The highest BCUT2D eigenvalue weighted by Crippen LogP contribution is 2.24. The summed E-state index contributed by atoms with van der Waals surface area (Å²) < 4.78 is 5.42. The van der Waals surface area contributed by atoms with Crippen LogP contribution in [0.1, 0.15) is 17.7 Å². The van der Waals surface area contributed by atoms with Gasteiger partial charge in [-0.25, -0.2) is 0 Å². The van der Waals surface area contributed by atoms with E-state index < -0.39 is 0 Å². The number of aromatic nitrogens is 1. The van der Waals surface area contributed by atoms with Crippen molar-refractivity contribution in [2.75, 3.05) is 6.61 Å². The van der Waals surface area contributed by atoms with Crippen molar-refractivity contribution in [1.82, 2.24) is 4.98 Å². The molecule has 3 heteroatoms. The number of ether oxygens (including phenoxy) is 1. The number of rotatable bonds is 1. The van der Waals surface area contributed by atoms with E-state index in [1.165, 1.54) is 5.56 Å². The molecule has 0 fully saturated rings. The second-order valence-electron chi connectivity index (χ2n) is 2.87. The van der Waals surface area contributed by atoms with Crippen LogP contribution in [0.5, 0.6) is 5.75 Å². The highest BCUT2D eigenvalue weighted by atomic mass is 35.5. The van der Waals surface area contributed by atoms with Crippen LogP contribution in [0, 0.1) is 0 Å². The monoisotopic (exact) mass is 183 g/mol. The van der Waals surface area contributed by atoms with Gasteiger partial charge in [-0.05, 0) is 24.5 Å². The van der Waals surface area contributed by atoms with Gasteiger partial charge in [-0.2, -0.15) is 0 Å². The van der Waals surface area contributed by atoms with E-state index in [4.69, 9.17) is 16.3 Å². The minimum absolute atomic E-state index is 0.479. The van der Waals surface area contributed by atoms with Crippen molar-refractivity contribution in [3.8, 4) is 5.75 Å². The minimum Gasteiger partial charge on any atom is -0.492 e. The van der Waals surface area contributed by atoms with Gasteiger partial charge in [-0.3, -0.25) is 4.98 Å². The van der Waals surface area contributed by atoms with E-state index in [0.29, 0.717) is 5.88 Å². The number of pyridine rings is 1. The molecule has 1 aliphatic heterocycles. The van der Waals surface area contributed by atoms with Gasteiger partial charge in [-0.15, -0.1) is 11.6 Å². The van der Waals surface area contributed by atoms with E-state index in [2.05, 4.69) is 4.98 Å². The van der Waals surface area contributed by atoms with E-state index in [9.17, 15) is 0 Å². The molecule has 2 rings (SSSR count).